The van der Waals surface area contributed by atoms with Crippen LogP contribution in [0.5, 0.6) is 0 Å². The van der Waals surface area contributed by atoms with E-state index < -0.39 is 106 Å². The van der Waals surface area contributed by atoms with Gasteiger partial charge in [-0.2, -0.15) is 0 Å². The molecule has 0 radical (unpaired) electrons. The third-order valence-electron chi connectivity index (χ3n) is 16.1. The highest BCUT2D eigenvalue weighted by atomic mass is 32.2. The number of cyclic esters (lactones) is 1. The van der Waals surface area contributed by atoms with Gasteiger partial charge >= 0.3 is 5.97 Å². The van der Waals surface area contributed by atoms with Gasteiger partial charge in [-0.25, -0.2) is 21.8 Å². The second kappa shape index (κ2) is 25.8. The molecule has 1 aromatic heterocycles. The lowest BCUT2D eigenvalue weighted by Crippen LogP contribution is -2.59. The summed E-state index contributed by atoms with van der Waals surface area (Å²) in [7, 11) is 6.27. The molecule has 4 heterocycles. The lowest BCUT2D eigenvalue weighted by Gasteiger charge is -2.47. The zero-order valence-electron chi connectivity index (χ0n) is 47.0. The first kappa shape index (κ1) is 62.1. The minimum absolute atomic E-state index is 0.0268. The second-order valence-electron chi connectivity index (χ2n) is 22.8. The second-order valence-corrected chi connectivity index (χ2v) is 24.9. The first-order chi connectivity index (χ1) is 34.5. The quantitative estimate of drug-likeness (QED) is 0.171. The predicted molar refractivity (Wildman–Crippen MR) is 276 cm³/mol. The number of nitrogens with zero attached hydrogens (tertiary/aromatic N) is 6. The van der Waals surface area contributed by atoms with Crippen molar-refractivity contribution >= 4 is 16.0 Å². The molecule has 21 heteroatoms. The SMILES string of the molecule is CC[C@H]1OC(=O)[C@H](C)[C@@H](O[C@H]2C[C@@](C)(OC)C[C@H](C)O2)[C@H](C)[C@@H](O[C@H]2C[C@@H](N(C)CCc3cn([C@H](CF)[C@H](OC)c4ccc(S(=O)(=O)N(C)C)cc4)nn3)C[C@@H](C)O2)[C@](C)(O)C[C@@H](C)CN(C)[C@H](C)[C@@H](O)[C@]1(C)O. The van der Waals surface area contributed by atoms with Gasteiger partial charge in [0.25, 0.3) is 0 Å². The Morgan fingerprint density at radius 2 is 1.58 bits per heavy atom. The van der Waals surface area contributed by atoms with Gasteiger partial charge in [-0.15, -0.1) is 5.10 Å². The number of methoxy groups -OCH3 is 2. The van der Waals surface area contributed by atoms with Crippen molar-refractivity contribution in [3.63, 3.8) is 0 Å². The fourth-order valence-corrected chi connectivity index (χ4v) is 12.5. The molecular formula is C53H91FN6O13S. The number of aromatic nitrogens is 3. The first-order valence-electron chi connectivity index (χ1n) is 26.4. The van der Waals surface area contributed by atoms with Crippen LogP contribution in [0.3, 0.4) is 0 Å². The molecule has 2 aromatic rings. The maximum absolute atomic E-state index is 14.8. The van der Waals surface area contributed by atoms with Crippen LogP contribution in [0.25, 0.3) is 0 Å². The van der Waals surface area contributed by atoms with E-state index in [2.05, 4.69) is 15.2 Å². The van der Waals surface area contributed by atoms with Crippen LogP contribution in [0, 0.1) is 17.8 Å². The maximum atomic E-state index is 14.8. The molecule has 0 aliphatic carbocycles. The van der Waals surface area contributed by atoms with E-state index >= 15 is 0 Å². The standard InChI is InChI=1S/C53H91FN6O13S/c1-17-43-53(10,64)48(61)37(7)59(14)30-32(2)26-52(9,63)49(35(5)46(36(6)50(62)71-43)72-45-28-51(8,68-16)27-34(4)70-45)73-44-25-40(24-33(3)69-44)58(13)23-22-39-31-60(56-55-39)42(29-54)47(67-15)38-18-20-41(21-19-38)74(65,66)57(11)12/h18-21,31-37,40,42-49,61,63-64H,17,22-30H2,1-16H3/t32-,33-,34+,35+,36-,37-,40+,42-,43-,44+,45+,46+,47-,48-,49-,51+,52-,53-/m1/s1. The Morgan fingerprint density at radius 3 is 2.18 bits per heavy atom. The number of rotatable bonds is 17. The van der Waals surface area contributed by atoms with Crippen LogP contribution in [0.1, 0.15) is 131 Å². The molecule has 0 unspecified atom stereocenters. The minimum Gasteiger partial charge on any atom is -0.459 e. The number of ether oxygens (including phenoxy) is 7. The average molecular weight is 1070 g/mol. The molecule has 18 atom stereocenters. The number of esters is 1. The highest BCUT2D eigenvalue weighted by Gasteiger charge is 2.51. The van der Waals surface area contributed by atoms with E-state index in [-0.39, 0.29) is 41.9 Å². The molecule has 3 fully saturated rings. The molecule has 3 aliphatic heterocycles. The number of carbonyl (C=O) groups excluding carboxylic acids is 1. The van der Waals surface area contributed by atoms with Crippen molar-refractivity contribution in [2.45, 2.75) is 209 Å². The summed E-state index contributed by atoms with van der Waals surface area (Å²) in [5.74, 6) is -2.42. The molecule has 3 aliphatic rings. The number of hydrogen-bond acceptors (Lipinski definition) is 17. The fraction of sp³-hybridized carbons (Fsp3) is 0.830. The summed E-state index contributed by atoms with van der Waals surface area (Å²) in [6.07, 6.45) is -2.20. The normalized spacial score (nSPS) is 37.5. The number of halogens is 1. The van der Waals surface area contributed by atoms with Gasteiger partial charge in [0, 0.05) is 91.3 Å². The summed E-state index contributed by atoms with van der Waals surface area (Å²) in [5.41, 5.74) is -2.66. The Hall–Kier alpha value is -2.77. The molecule has 0 saturated carbocycles. The number of hydrogen-bond donors (Lipinski definition) is 3. The predicted octanol–water partition coefficient (Wildman–Crippen LogP) is 5.31. The smallest absolute Gasteiger partial charge is 0.311 e. The van der Waals surface area contributed by atoms with Gasteiger partial charge < -0.3 is 58.3 Å². The number of carbonyl (C=O) groups is 1. The maximum Gasteiger partial charge on any atom is 0.311 e. The summed E-state index contributed by atoms with van der Waals surface area (Å²) >= 11 is 0. The highest BCUT2D eigenvalue weighted by Crippen LogP contribution is 2.40. The van der Waals surface area contributed by atoms with Crippen LogP contribution in [-0.4, -0.2) is 199 Å². The largest absolute Gasteiger partial charge is 0.459 e. The molecule has 0 amide bonds. The summed E-state index contributed by atoms with van der Waals surface area (Å²) < 4.78 is 87.5. The highest BCUT2D eigenvalue weighted by molar-refractivity contribution is 7.89. The van der Waals surface area contributed by atoms with Gasteiger partial charge in [-0.05, 0) is 105 Å². The summed E-state index contributed by atoms with van der Waals surface area (Å²) in [6, 6.07) is 4.75. The van der Waals surface area contributed by atoms with E-state index in [0.717, 1.165) is 4.31 Å². The molecule has 5 rings (SSSR count). The Bertz CT molecular complexity index is 2190. The van der Waals surface area contributed by atoms with Crippen LogP contribution in [0.15, 0.2) is 35.4 Å². The third kappa shape index (κ3) is 14.9. The van der Waals surface area contributed by atoms with E-state index in [1.54, 1.807) is 46.2 Å². The summed E-state index contributed by atoms with van der Waals surface area (Å²) in [6.45, 7) is 18.7. The van der Waals surface area contributed by atoms with Crippen molar-refractivity contribution in [2.24, 2.45) is 17.8 Å². The van der Waals surface area contributed by atoms with Gasteiger partial charge in [0.1, 0.15) is 36.6 Å². The molecular weight excluding hydrogens is 980 g/mol. The van der Waals surface area contributed by atoms with Gasteiger partial charge in [0.15, 0.2) is 12.6 Å². The number of aliphatic hydroxyl groups excluding tert-OH is 1. The zero-order chi connectivity index (χ0) is 55.2. The van der Waals surface area contributed by atoms with Crippen molar-refractivity contribution in [1.29, 1.82) is 0 Å². The van der Waals surface area contributed by atoms with Crippen LogP contribution in [-0.2, 0) is 54.4 Å². The average Bonchev–Trinajstić information content (AvgIpc) is 3.81. The Balaban J connectivity index is 1.40. The molecule has 3 N–H and O–H groups in total. The lowest BCUT2D eigenvalue weighted by molar-refractivity contribution is -0.292. The van der Waals surface area contributed by atoms with Crippen LogP contribution in [0.2, 0.25) is 0 Å². The Kier molecular flexibility index (Phi) is 21.6. The molecule has 0 spiro atoms. The van der Waals surface area contributed by atoms with Crippen molar-refractivity contribution in [3.8, 4) is 0 Å². The molecule has 74 heavy (non-hydrogen) atoms. The van der Waals surface area contributed by atoms with Crippen LogP contribution >= 0.6 is 0 Å². The van der Waals surface area contributed by atoms with Crippen LogP contribution in [0.4, 0.5) is 4.39 Å². The van der Waals surface area contributed by atoms with E-state index in [4.69, 9.17) is 33.2 Å². The fourth-order valence-electron chi connectivity index (χ4n) is 11.6. The van der Waals surface area contributed by atoms with E-state index in [9.17, 15) is 32.9 Å². The van der Waals surface area contributed by atoms with Gasteiger partial charge in [-0.1, -0.05) is 38.1 Å². The zero-order valence-corrected chi connectivity index (χ0v) is 47.8. The molecule has 3 saturated heterocycles. The number of alkyl halides is 1. The Labute approximate surface area is 440 Å². The molecule has 0 bridgehead atoms. The van der Waals surface area contributed by atoms with Crippen LogP contribution < -0.4 is 0 Å². The summed E-state index contributed by atoms with van der Waals surface area (Å²) in [4.78, 5) is 18.8. The van der Waals surface area contributed by atoms with Crippen molar-refractivity contribution in [3.05, 3.63) is 41.7 Å². The number of likely N-dealkylation sites (N-methyl/N-ethyl adjacent to an activating group) is 2. The van der Waals surface area contributed by atoms with E-state index in [0.29, 0.717) is 56.5 Å². The molecule has 19 nitrogen and oxygen atoms in total. The first-order valence-corrected chi connectivity index (χ1v) is 27.9. The van der Waals surface area contributed by atoms with Crippen molar-refractivity contribution in [2.75, 3.05) is 62.2 Å². The Morgan fingerprint density at radius 1 is 0.932 bits per heavy atom. The lowest BCUT2D eigenvalue weighted by atomic mass is 9.77. The molecule has 424 valence electrons. The summed E-state index contributed by atoms with van der Waals surface area (Å²) in [5, 5.41) is 45.1. The van der Waals surface area contributed by atoms with Gasteiger partial charge in [0.05, 0.1) is 52.1 Å². The minimum atomic E-state index is -3.65. The molecule has 1 aromatic carbocycles. The van der Waals surface area contributed by atoms with Gasteiger partial charge in [-0.3, -0.25) is 4.79 Å². The number of aliphatic hydroxyl groups is 3. The topological polar surface area (TPSA) is 217 Å². The van der Waals surface area contributed by atoms with Gasteiger partial charge in [0.2, 0.25) is 10.0 Å². The monoisotopic (exact) mass is 1070 g/mol. The third-order valence-corrected chi connectivity index (χ3v) is 17.9. The van der Waals surface area contributed by atoms with Crippen molar-refractivity contribution in [1.82, 2.24) is 29.1 Å². The number of benzene rings is 1. The number of sulfonamides is 1. The van der Waals surface area contributed by atoms with Crippen molar-refractivity contribution < 1.29 is 66.1 Å². The van der Waals surface area contributed by atoms with E-state index in [1.165, 1.54) is 44.9 Å². The van der Waals surface area contributed by atoms with E-state index in [1.807, 2.05) is 60.5 Å².